The maximum Gasteiger partial charge on any atom is 0.0451 e. The molecule has 0 amide bonds. The largest absolute Gasteiger partial charge is 0.0883 e. The minimum Gasteiger partial charge on any atom is -0.0883 e. The molecule has 1 atom stereocenters. The molecule has 97 valence electrons. The van der Waals surface area contributed by atoms with E-state index in [2.05, 4.69) is 82.1 Å². The molecule has 0 aliphatic rings. The second kappa shape index (κ2) is 6.06. The zero-order valence-electron chi connectivity index (χ0n) is 11.2. The van der Waals surface area contributed by atoms with E-state index in [4.69, 9.17) is 0 Å². The number of hydrogen-bond acceptors (Lipinski definition) is 0. The van der Waals surface area contributed by atoms with Gasteiger partial charge in [-0.2, -0.15) is 0 Å². The van der Waals surface area contributed by atoms with E-state index in [1.54, 1.807) is 0 Å². The Bertz CT molecular complexity index is 585. The summed E-state index contributed by atoms with van der Waals surface area (Å²) >= 11 is 3.61. The average molecular weight is 330 g/mol. The molecule has 0 N–H and O–H groups in total. The van der Waals surface area contributed by atoms with Crippen molar-refractivity contribution in [3.05, 3.63) is 59.1 Å². The van der Waals surface area contributed by atoms with E-state index >= 15 is 0 Å². The lowest BCUT2D eigenvalue weighted by Gasteiger charge is -2.31. The minimum atomic E-state index is -0.198. The summed E-state index contributed by atoms with van der Waals surface area (Å²) in [4.78, 5) is 0. The van der Waals surface area contributed by atoms with Crippen LogP contribution in [0.2, 0.25) is 0 Å². The SMILES string of the molecule is C=C(Br)C([Si])(CCCC)c1cccc2ccccc12. The number of benzene rings is 2. The molecule has 0 bridgehead atoms. The molecule has 0 nitrogen and oxygen atoms in total. The normalized spacial score (nSPS) is 14.3. The van der Waals surface area contributed by atoms with Gasteiger partial charge >= 0.3 is 0 Å². The van der Waals surface area contributed by atoms with Gasteiger partial charge in [0.2, 0.25) is 0 Å². The smallest absolute Gasteiger partial charge is 0.0451 e. The molecule has 2 heteroatoms. The lowest BCUT2D eigenvalue weighted by atomic mass is 9.88. The number of halogens is 1. The van der Waals surface area contributed by atoms with E-state index in [1.165, 1.54) is 22.8 Å². The van der Waals surface area contributed by atoms with Crippen molar-refractivity contribution in [2.75, 3.05) is 0 Å². The molecule has 0 aliphatic heterocycles. The van der Waals surface area contributed by atoms with Crippen LogP contribution >= 0.6 is 15.9 Å². The second-order valence-corrected chi connectivity index (χ2v) is 6.75. The molecule has 2 aromatic carbocycles. The Morgan fingerprint density at radius 2 is 1.89 bits per heavy atom. The highest BCUT2D eigenvalue weighted by molar-refractivity contribution is 9.11. The Morgan fingerprint density at radius 1 is 1.21 bits per heavy atom. The molecule has 0 saturated heterocycles. The first-order chi connectivity index (χ1) is 9.09. The monoisotopic (exact) mass is 329 g/mol. The first-order valence-corrected chi connectivity index (χ1v) is 7.97. The molecule has 1 unspecified atom stereocenters. The van der Waals surface area contributed by atoms with E-state index in [9.17, 15) is 0 Å². The number of fused-ring (bicyclic) bond motifs is 1. The third-order valence-electron chi connectivity index (χ3n) is 3.62. The molecule has 2 rings (SSSR count). The van der Waals surface area contributed by atoms with Crippen LogP contribution in [0.15, 0.2) is 53.5 Å². The van der Waals surface area contributed by atoms with Crippen LogP contribution in [-0.2, 0) is 5.04 Å². The van der Waals surface area contributed by atoms with Gasteiger partial charge in [-0.15, -0.1) is 0 Å². The fraction of sp³-hybridized carbons (Fsp3) is 0.294. The van der Waals surface area contributed by atoms with Gasteiger partial charge in [-0.25, -0.2) is 0 Å². The predicted octanol–water partition coefficient (Wildman–Crippen LogP) is 5.30. The third kappa shape index (κ3) is 2.85. The van der Waals surface area contributed by atoms with E-state index in [-0.39, 0.29) is 5.04 Å². The average Bonchev–Trinajstić information content (AvgIpc) is 2.44. The van der Waals surface area contributed by atoms with E-state index in [0.29, 0.717) is 0 Å². The summed E-state index contributed by atoms with van der Waals surface area (Å²) in [6.07, 6.45) is 3.38. The van der Waals surface area contributed by atoms with Crippen LogP contribution in [0.3, 0.4) is 0 Å². The zero-order valence-corrected chi connectivity index (χ0v) is 13.8. The van der Waals surface area contributed by atoms with Crippen molar-refractivity contribution in [1.29, 1.82) is 0 Å². The van der Waals surface area contributed by atoms with Gasteiger partial charge < -0.3 is 0 Å². The molecular formula is C17H18BrSi. The van der Waals surface area contributed by atoms with Crippen LogP contribution in [0.4, 0.5) is 0 Å². The Labute approximate surface area is 127 Å². The molecule has 3 radical (unpaired) electrons. The van der Waals surface area contributed by atoms with Gasteiger partial charge in [-0.3, -0.25) is 0 Å². The predicted molar refractivity (Wildman–Crippen MR) is 89.0 cm³/mol. The van der Waals surface area contributed by atoms with E-state index < -0.39 is 0 Å². The van der Waals surface area contributed by atoms with E-state index in [1.807, 2.05) is 0 Å². The van der Waals surface area contributed by atoms with Crippen molar-refractivity contribution in [2.45, 2.75) is 31.2 Å². The molecule has 0 aliphatic carbocycles. The van der Waals surface area contributed by atoms with Gasteiger partial charge in [-0.1, -0.05) is 84.7 Å². The topological polar surface area (TPSA) is 0 Å². The van der Waals surface area contributed by atoms with Gasteiger partial charge in [-0.05, 0) is 27.2 Å². The van der Waals surface area contributed by atoms with Gasteiger partial charge in [0, 0.05) is 15.3 Å². The third-order valence-corrected chi connectivity index (χ3v) is 5.48. The number of rotatable bonds is 5. The van der Waals surface area contributed by atoms with Crippen LogP contribution in [0.25, 0.3) is 10.8 Å². The van der Waals surface area contributed by atoms with Crippen LogP contribution in [-0.4, -0.2) is 10.2 Å². The van der Waals surface area contributed by atoms with Crippen molar-refractivity contribution < 1.29 is 0 Å². The molecule has 0 saturated carbocycles. The summed E-state index contributed by atoms with van der Waals surface area (Å²) in [5, 5.41) is 2.36. The molecule has 19 heavy (non-hydrogen) atoms. The highest BCUT2D eigenvalue weighted by Crippen LogP contribution is 2.39. The second-order valence-electron chi connectivity index (χ2n) is 4.94. The van der Waals surface area contributed by atoms with Crippen molar-refractivity contribution in [3.8, 4) is 0 Å². The van der Waals surface area contributed by atoms with Gasteiger partial charge in [0.15, 0.2) is 0 Å². The highest BCUT2D eigenvalue weighted by atomic mass is 79.9. The molecule has 0 fully saturated rings. The van der Waals surface area contributed by atoms with Crippen LogP contribution < -0.4 is 0 Å². The first-order valence-electron chi connectivity index (χ1n) is 6.67. The minimum absolute atomic E-state index is 0.198. The molecule has 0 aromatic heterocycles. The van der Waals surface area contributed by atoms with Crippen LogP contribution in [0, 0.1) is 0 Å². The van der Waals surface area contributed by atoms with Crippen molar-refractivity contribution in [1.82, 2.24) is 0 Å². The molecular weight excluding hydrogens is 312 g/mol. The molecule has 2 aromatic rings. The summed E-state index contributed by atoms with van der Waals surface area (Å²) in [5.74, 6) is 0. The number of allylic oxidation sites excluding steroid dienone is 1. The highest BCUT2D eigenvalue weighted by Gasteiger charge is 2.29. The van der Waals surface area contributed by atoms with Crippen LogP contribution in [0.1, 0.15) is 31.7 Å². The number of unbranched alkanes of at least 4 members (excludes halogenated alkanes) is 1. The zero-order chi connectivity index (χ0) is 13.9. The molecule has 0 heterocycles. The van der Waals surface area contributed by atoms with E-state index in [0.717, 1.165) is 17.3 Å². The van der Waals surface area contributed by atoms with Crippen LogP contribution in [0.5, 0.6) is 0 Å². The maximum absolute atomic E-state index is 4.13. The van der Waals surface area contributed by atoms with Gasteiger partial charge in [0.05, 0.1) is 0 Å². The van der Waals surface area contributed by atoms with Crippen molar-refractivity contribution >= 4 is 36.9 Å². The first kappa shape index (κ1) is 14.5. The summed E-state index contributed by atoms with van der Waals surface area (Å²) in [7, 11) is 3.99. The van der Waals surface area contributed by atoms with Crippen molar-refractivity contribution in [3.63, 3.8) is 0 Å². The lowest BCUT2D eigenvalue weighted by molar-refractivity contribution is 0.613. The van der Waals surface area contributed by atoms with Crippen molar-refractivity contribution in [2.24, 2.45) is 0 Å². The summed E-state index contributed by atoms with van der Waals surface area (Å²) < 4.78 is 0.987. The Morgan fingerprint density at radius 3 is 2.58 bits per heavy atom. The fourth-order valence-corrected chi connectivity index (χ4v) is 3.26. The number of hydrogen-bond donors (Lipinski definition) is 0. The van der Waals surface area contributed by atoms with Gasteiger partial charge in [0.1, 0.15) is 0 Å². The molecule has 0 spiro atoms. The maximum atomic E-state index is 4.13. The summed E-state index contributed by atoms with van der Waals surface area (Å²) in [6, 6.07) is 15.0. The Balaban J connectivity index is 2.59. The standard InChI is InChI=1S/C17H18BrSi/c1-3-4-12-17(19,13(2)18)16-11-7-9-14-8-5-6-10-15(14)16/h5-11H,2-4,12H2,1H3. The Hall–Kier alpha value is -0.863. The lowest BCUT2D eigenvalue weighted by Crippen LogP contribution is -2.27. The summed E-state index contributed by atoms with van der Waals surface area (Å²) in [6.45, 7) is 6.35. The fourth-order valence-electron chi connectivity index (χ4n) is 2.46. The quantitative estimate of drug-likeness (QED) is 0.652. The Kier molecular flexibility index (Phi) is 4.64. The van der Waals surface area contributed by atoms with Gasteiger partial charge in [0.25, 0.3) is 0 Å². The summed E-state index contributed by atoms with van der Waals surface area (Å²) in [5.41, 5.74) is 1.29.